The molecule has 0 spiro atoms. The molecule has 0 bridgehead atoms. The number of hydrogen-bond acceptors (Lipinski definition) is 6. The van der Waals surface area contributed by atoms with Crippen molar-refractivity contribution in [2.24, 2.45) is 0 Å². The van der Waals surface area contributed by atoms with Crippen LogP contribution in [0.2, 0.25) is 0 Å². The van der Waals surface area contributed by atoms with E-state index in [1.165, 1.54) is 35.4 Å². The highest BCUT2D eigenvalue weighted by Gasteiger charge is 2.28. The van der Waals surface area contributed by atoms with Crippen LogP contribution in [0.3, 0.4) is 0 Å². The molecule has 2 aromatic rings. The third-order valence-corrected chi connectivity index (χ3v) is 7.29. The van der Waals surface area contributed by atoms with E-state index in [0.29, 0.717) is 31.1 Å². The van der Waals surface area contributed by atoms with Crippen LogP contribution in [0.4, 0.5) is 5.00 Å². The van der Waals surface area contributed by atoms with Crippen molar-refractivity contribution >= 4 is 39.5 Å². The number of thiophene rings is 2. The number of rotatable bonds is 3. The Morgan fingerprint density at radius 3 is 2.15 bits per heavy atom. The summed E-state index contributed by atoms with van der Waals surface area (Å²) in [5, 5.41) is 10.8. The predicted molar refractivity (Wildman–Crippen MR) is 104 cm³/mol. The summed E-state index contributed by atoms with van der Waals surface area (Å²) < 4.78 is 0. The zero-order chi connectivity index (χ0) is 19.0. The highest BCUT2D eigenvalue weighted by Crippen LogP contribution is 2.31. The average Bonchev–Trinajstić information content (AvgIpc) is 3.34. The first-order chi connectivity index (χ1) is 13.0. The molecule has 1 saturated heterocycles. The van der Waals surface area contributed by atoms with Gasteiger partial charge in [-0.05, 0) is 43.4 Å². The Morgan fingerprint density at radius 1 is 0.926 bits per heavy atom. The number of piperazine rings is 1. The maximum absolute atomic E-state index is 12.8. The van der Waals surface area contributed by atoms with E-state index in [-0.39, 0.29) is 16.8 Å². The van der Waals surface area contributed by atoms with E-state index in [1.807, 2.05) is 6.07 Å². The molecule has 0 N–H and O–H groups in total. The second-order valence-electron chi connectivity index (χ2n) is 6.75. The van der Waals surface area contributed by atoms with E-state index < -0.39 is 4.92 Å². The predicted octanol–water partition coefficient (Wildman–Crippen LogP) is 3.19. The summed E-state index contributed by atoms with van der Waals surface area (Å²) in [6, 6.07) is 4.90. The van der Waals surface area contributed by atoms with E-state index in [1.54, 1.807) is 21.1 Å². The second-order valence-corrected chi connectivity index (χ2v) is 8.94. The molecule has 0 saturated carbocycles. The molecule has 7 nitrogen and oxygen atoms in total. The van der Waals surface area contributed by atoms with Gasteiger partial charge in [-0.1, -0.05) is 11.3 Å². The molecule has 2 aliphatic rings. The molecule has 0 aromatic carbocycles. The van der Waals surface area contributed by atoms with Gasteiger partial charge in [0.2, 0.25) is 0 Å². The van der Waals surface area contributed by atoms with Crippen molar-refractivity contribution in [3.63, 3.8) is 0 Å². The third kappa shape index (κ3) is 3.61. The van der Waals surface area contributed by atoms with Crippen molar-refractivity contribution in [3.05, 3.63) is 48.5 Å². The molecule has 27 heavy (non-hydrogen) atoms. The Kier molecular flexibility index (Phi) is 4.96. The number of carbonyl (C=O) groups excluding carboxylic acids is 2. The summed E-state index contributed by atoms with van der Waals surface area (Å²) >= 11 is 2.51. The first-order valence-corrected chi connectivity index (χ1v) is 10.6. The van der Waals surface area contributed by atoms with Crippen molar-refractivity contribution < 1.29 is 14.5 Å². The molecule has 1 fully saturated rings. The van der Waals surface area contributed by atoms with Gasteiger partial charge in [0.1, 0.15) is 0 Å². The minimum atomic E-state index is -0.487. The molecule has 2 amide bonds. The van der Waals surface area contributed by atoms with Gasteiger partial charge in [-0.25, -0.2) is 0 Å². The second kappa shape index (κ2) is 7.40. The topological polar surface area (TPSA) is 83.8 Å². The molecular formula is C18H19N3O4S2. The number of carbonyl (C=O) groups is 2. The van der Waals surface area contributed by atoms with Crippen LogP contribution in [0.15, 0.2) is 18.2 Å². The lowest BCUT2D eigenvalue weighted by Gasteiger charge is -2.34. The Bertz CT molecular complexity index is 873. The van der Waals surface area contributed by atoms with Crippen LogP contribution in [-0.4, -0.2) is 52.7 Å². The largest absolute Gasteiger partial charge is 0.334 e. The fraction of sp³-hybridized carbons (Fsp3) is 0.444. The summed E-state index contributed by atoms with van der Waals surface area (Å²) in [6.45, 7) is 1.87. The molecule has 2 aromatic heterocycles. The molecule has 0 atom stereocenters. The molecule has 1 aliphatic carbocycles. The summed E-state index contributed by atoms with van der Waals surface area (Å²) in [5.41, 5.74) is 1.32. The van der Waals surface area contributed by atoms with Crippen molar-refractivity contribution in [3.8, 4) is 0 Å². The average molecular weight is 406 g/mol. The first kappa shape index (κ1) is 18.1. The maximum Gasteiger partial charge on any atom is 0.324 e. The Balaban J connectivity index is 1.38. The Morgan fingerprint density at radius 2 is 1.56 bits per heavy atom. The smallest absolute Gasteiger partial charge is 0.324 e. The molecule has 142 valence electrons. The fourth-order valence-electron chi connectivity index (χ4n) is 3.56. The minimum absolute atomic E-state index is 0.0335. The van der Waals surface area contributed by atoms with Crippen LogP contribution in [0.25, 0.3) is 0 Å². The molecule has 4 rings (SSSR count). The van der Waals surface area contributed by atoms with Crippen molar-refractivity contribution in [2.45, 2.75) is 25.7 Å². The van der Waals surface area contributed by atoms with E-state index >= 15 is 0 Å². The molecule has 1 aliphatic heterocycles. The Hall–Kier alpha value is -2.26. The lowest BCUT2D eigenvalue weighted by atomic mass is 9.99. The van der Waals surface area contributed by atoms with Crippen LogP contribution in [0, 0.1) is 10.1 Å². The SMILES string of the molecule is O=C(c1ccc([N+](=O)[O-])s1)N1CCN(C(=O)c2cc3c(s2)CCCC3)CC1. The van der Waals surface area contributed by atoms with Gasteiger partial charge >= 0.3 is 5.00 Å². The van der Waals surface area contributed by atoms with Gasteiger partial charge in [0, 0.05) is 37.1 Å². The molecule has 9 heteroatoms. The highest BCUT2D eigenvalue weighted by atomic mass is 32.1. The van der Waals surface area contributed by atoms with Gasteiger partial charge in [-0.3, -0.25) is 19.7 Å². The third-order valence-electron chi connectivity index (χ3n) is 5.04. The lowest BCUT2D eigenvalue weighted by molar-refractivity contribution is -0.380. The number of nitrogens with zero attached hydrogens (tertiary/aromatic N) is 3. The summed E-state index contributed by atoms with van der Waals surface area (Å²) in [4.78, 5) is 41.6. The van der Waals surface area contributed by atoms with Crippen molar-refractivity contribution in [1.82, 2.24) is 9.80 Å². The van der Waals surface area contributed by atoms with Crippen LogP contribution < -0.4 is 0 Å². The zero-order valence-corrected chi connectivity index (χ0v) is 16.3. The summed E-state index contributed by atoms with van der Waals surface area (Å²) in [6.07, 6.45) is 4.53. The molecule has 0 radical (unpaired) electrons. The molecule has 3 heterocycles. The van der Waals surface area contributed by atoms with Crippen LogP contribution in [-0.2, 0) is 12.8 Å². The van der Waals surface area contributed by atoms with Gasteiger partial charge < -0.3 is 9.80 Å². The molecule has 0 unspecified atom stereocenters. The van der Waals surface area contributed by atoms with Gasteiger partial charge in [0.25, 0.3) is 11.8 Å². The van der Waals surface area contributed by atoms with Gasteiger partial charge in [0.15, 0.2) is 0 Å². The molecular weight excluding hydrogens is 386 g/mol. The summed E-state index contributed by atoms with van der Waals surface area (Å²) in [7, 11) is 0. The van der Waals surface area contributed by atoms with Crippen LogP contribution in [0.1, 0.15) is 42.6 Å². The van der Waals surface area contributed by atoms with Crippen molar-refractivity contribution in [2.75, 3.05) is 26.2 Å². The monoisotopic (exact) mass is 405 g/mol. The van der Waals surface area contributed by atoms with Gasteiger partial charge in [0.05, 0.1) is 14.7 Å². The standard InChI is InChI=1S/C18H19N3O4S2/c22-17(14-5-6-16(27-14)21(24)25)19-7-9-20(10-8-19)18(23)15-11-12-3-1-2-4-13(12)26-15/h5-6,11H,1-4,7-10H2. The quantitative estimate of drug-likeness (QED) is 0.580. The summed E-state index contributed by atoms with van der Waals surface area (Å²) in [5.74, 6) is -0.153. The van der Waals surface area contributed by atoms with E-state index in [4.69, 9.17) is 0 Å². The number of amides is 2. The number of hydrogen-bond donors (Lipinski definition) is 0. The van der Waals surface area contributed by atoms with E-state index in [2.05, 4.69) is 0 Å². The van der Waals surface area contributed by atoms with Gasteiger partial charge in [-0.15, -0.1) is 11.3 Å². The van der Waals surface area contributed by atoms with Crippen molar-refractivity contribution in [1.29, 1.82) is 0 Å². The van der Waals surface area contributed by atoms with Gasteiger partial charge in [-0.2, -0.15) is 0 Å². The number of nitro groups is 1. The first-order valence-electron chi connectivity index (χ1n) is 8.97. The van der Waals surface area contributed by atoms with E-state index in [0.717, 1.165) is 29.1 Å². The van der Waals surface area contributed by atoms with E-state index in [9.17, 15) is 19.7 Å². The van der Waals surface area contributed by atoms with Crippen LogP contribution in [0.5, 0.6) is 0 Å². The zero-order valence-electron chi connectivity index (χ0n) is 14.7. The Labute approximate surface area is 164 Å². The number of aryl methyl sites for hydroxylation is 2. The normalized spacial score (nSPS) is 16.9. The fourth-order valence-corrected chi connectivity index (χ4v) is 5.57. The maximum atomic E-state index is 12.8. The lowest BCUT2D eigenvalue weighted by Crippen LogP contribution is -2.50. The number of fused-ring (bicyclic) bond motifs is 1. The van der Waals surface area contributed by atoms with Crippen LogP contribution >= 0.6 is 22.7 Å². The highest BCUT2D eigenvalue weighted by molar-refractivity contribution is 7.17. The minimum Gasteiger partial charge on any atom is -0.334 e.